The van der Waals surface area contributed by atoms with Crippen LogP contribution < -0.4 is 10.6 Å². The zero-order chi connectivity index (χ0) is 14.7. The van der Waals surface area contributed by atoms with Crippen molar-refractivity contribution in [2.24, 2.45) is 0 Å². The fraction of sp³-hybridized carbons (Fsp3) is 0.231. The Hall–Kier alpha value is -2.21. The lowest BCUT2D eigenvalue weighted by atomic mass is 9.95. The molecule has 1 aromatic carbocycles. The minimum atomic E-state index is -0.675. The molecule has 2 rings (SSSR count). The maximum atomic E-state index is 11.9. The van der Waals surface area contributed by atoms with Gasteiger partial charge in [-0.2, -0.15) is 0 Å². The minimum Gasteiger partial charge on any atom is -0.508 e. The highest BCUT2D eigenvalue weighted by Gasteiger charge is 2.32. The number of alkyl halides is 1. The number of benzene rings is 1. The largest absolute Gasteiger partial charge is 0.508 e. The zero-order valence-electron chi connectivity index (χ0n) is 10.6. The van der Waals surface area contributed by atoms with E-state index in [-0.39, 0.29) is 17.2 Å². The van der Waals surface area contributed by atoms with Gasteiger partial charge in [0.2, 0.25) is 0 Å². The molecule has 1 atom stereocenters. The van der Waals surface area contributed by atoms with Gasteiger partial charge in [-0.25, -0.2) is 9.59 Å². The average molecular weight is 297 g/mol. The standard InChI is InChI=1S/C13H13ClN2O4/c1-20-12(18)10-9(6-14)15-13(19)16-11(10)7-2-4-8(17)5-3-7/h2-5,11,17H,6H2,1H3,(H2,15,16,19). The van der Waals surface area contributed by atoms with E-state index in [1.54, 1.807) is 12.1 Å². The minimum absolute atomic E-state index is 0.0214. The van der Waals surface area contributed by atoms with Crippen molar-refractivity contribution in [3.8, 4) is 5.75 Å². The van der Waals surface area contributed by atoms with Crippen LogP contribution in [-0.4, -0.2) is 30.1 Å². The topological polar surface area (TPSA) is 87.7 Å². The number of rotatable bonds is 3. The first kappa shape index (κ1) is 14.2. The van der Waals surface area contributed by atoms with Crippen LogP contribution in [0.4, 0.5) is 4.79 Å². The molecule has 1 aliphatic heterocycles. The first-order chi connectivity index (χ1) is 9.56. The lowest BCUT2D eigenvalue weighted by Gasteiger charge is -2.28. The summed E-state index contributed by atoms with van der Waals surface area (Å²) >= 11 is 5.77. The van der Waals surface area contributed by atoms with E-state index in [0.29, 0.717) is 11.3 Å². The van der Waals surface area contributed by atoms with E-state index in [2.05, 4.69) is 10.6 Å². The molecule has 1 heterocycles. The predicted octanol–water partition coefficient (Wildman–Crippen LogP) is 1.41. The van der Waals surface area contributed by atoms with E-state index in [0.717, 1.165) is 0 Å². The van der Waals surface area contributed by atoms with Gasteiger partial charge in [-0.3, -0.25) is 0 Å². The van der Waals surface area contributed by atoms with E-state index in [1.165, 1.54) is 19.2 Å². The molecule has 106 valence electrons. The number of esters is 1. The highest BCUT2D eigenvalue weighted by Crippen LogP contribution is 2.28. The third-order valence-electron chi connectivity index (χ3n) is 2.92. The van der Waals surface area contributed by atoms with Crippen LogP contribution >= 0.6 is 11.6 Å². The molecule has 0 saturated heterocycles. The van der Waals surface area contributed by atoms with Gasteiger partial charge in [-0.15, -0.1) is 11.6 Å². The van der Waals surface area contributed by atoms with Gasteiger partial charge < -0.3 is 20.5 Å². The fourth-order valence-electron chi connectivity index (χ4n) is 1.99. The molecular formula is C13H13ClN2O4. The smallest absolute Gasteiger partial charge is 0.338 e. The van der Waals surface area contributed by atoms with E-state index in [1.807, 2.05) is 0 Å². The Labute approximate surface area is 120 Å². The summed E-state index contributed by atoms with van der Waals surface area (Å²) in [5.41, 5.74) is 1.19. The molecule has 0 aliphatic carbocycles. The van der Waals surface area contributed by atoms with E-state index in [9.17, 15) is 14.7 Å². The van der Waals surface area contributed by atoms with Crippen molar-refractivity contribution in [2.75, 3.05) is 13.0 Å². The summed E-state index contributed by atoms with van der Waals surface area (Å²) < 4.78 is 4.74. The SMILES string of the molecule is COC(=O)C1=C(CCl)NC(=O)NC1c1ccc(O)cc1. The van der Waals surface area contributed by atoms with Crippen molar-refractivity contribution in [3.05, 3.63) is 41.1 Å². The number of phenolic OH excluding ortho intramolecular Hbond substituents is 1. The van der Waals surface area contributed by atoms with Gasteiger partial charge in [0.15, 0.2) is 0 Å². The third-order valence-corrected chi connectivity index (χ3v) is 3.19. The van der Waals surface area contributed by atoms with Crippen molar-refractivity contribution >= 4 is 23.6 Å². The number of allylic oxidation sites excluding steroid dienone is 1. The monoisotopic (exact) mass is 296 g/mol. The van der Waals surface area contributed by atoms with Crippen molar-refractivity contribution in [3.63, 3.8) is 0 Å². The summed E-state index contributed by atoms with van der Waals surface area (Å²) in [6.07, 6.45) is 0. The Kier molecular flexibility index (Phi) is 4.14. The predicted molar refractivity (Wildman–Crippen MR) is 72.3 cm³/mol. The second-order valence-corrected chi connectivity index (χ2v) is 4.41. The Balaban J connectivity index is 2.49. The van der Waals surface area contributed by atoms with Crippen LogP contribution in [0, 0.1) is 0 Å². The number of amides is 2. The highest BCUT2D eigenvalue weighted by atomic mass is 35.5. The number of hydrogen-bond donors (Lipinski definition) is 3. The Morgan fingerprint density at radius 1 is 1.40 bits per heavy atom. The third kappa shape index (κ3) is 2.70. The van der Waals surface area contributed by atoms with Crippen LogP contribution in [0.25, 0.3) is 0 Å². The zero-order valence-corrected chi connectivity index (χ0v) is 11.4. The van der Waals surface area contributed by atoms with Crippen LogP contribution in [0.3, 0.4) is 0 Å². The van der Waals surface area contributed by atoms with Crippen LogP contribution in [0.5, 0.6) is 5.75 Å². The van der Waals surface area contributed by atoms with Crippen LogP contribution in [0.15, 0.2) is 35.5 Å². The lowest BCUT2D eigenvalue weighted by molar-refractivity contribution is -0.136. The second kappa shape index (κ2) is 5.83. The van der Waals surface area contributed by atoms with Gasteiger partial charge >= 0.3 is 12.0 Å². The normalized spacial score (nSPS) is 18.3. The van der Waals surface area contributed by atoms with Gasteiger partial charge in [0.25, 0.3) is 0 Å². The van der Waals surface area contributed by atoms with Crippen molar-refractivity contribution in [1.29, 1.82) is 0 Å². The summed E-state index contributed by atoms with van der Waals surface area (Å²) in [6.45, 7) is 0. The number of aromatic hydroxyl groups is 1. The van der Waals surface area contributed by atoms with E-state index >= 15 is 0 Å². The molecule has 0 aromatic heterocycles. The second-order valence-electron chi connectivity index (χ2n) is 4.14. The maximum absolute atomic E-state index is 11.9. The number of carbonyl (C=O) groups excluding carboxylic acids is 2. The molecule has 0 bridgehead atoms. The number of ether oxygens (including phenoxy) is 1. The van der Waals surface area contributed by atoms with Crippen molar-refractivity contribution < 1.29 is 19.4 Å². The number of hydrogen-bond acceptors (Lipinski definition) is 4. The molecule has 0 radical (unpaired) electrons. The molecule has 2 amide bonds. The number of urea groups is 1. The summed E-state index contributed by atoms with van der Waals surface area (Å²) in [4.78, 5) is 23.5. The quantitative estimate of drug-likeness (QED) is 0.581. The fourth-order valence-corrected chi connectivity index (χ4v) is 2.20. The first-order valence-corrected chi connectivity index (χ1v) is 6.34. The van der Waals surface area contributed by atoms with Gasteiger partial charge in [0.05, 0.1) is 24.6 Å². The summed E-state index contributed by atoms with van der Waals surface area (Å²) in [5, 5.41) is 14.4. The van der Waals surface area contributed by atoms with Gasteiger partial charge in [-0.1, -0.05) is 12.1 Å². The molecule has 1 aliphatic rings. The molecule has 20 heavy (non-hydrogen) atoms. The molecule has 0 spiro atoms. The van der Waals surface area contributed by atoms with Crippen molar-refractivity contribution in [1.82, 2.24) is 10.6 Å². The molecule has 1 unspecified atom stereocenters. The Morgan fingerprint density at radius 3 is 2.60 bits per heavy atom. The molecule has 0 saturated carbocycles. The maximum Gasteiger partial charge on any atom is 0.338 e. The molecular weight excluding hydrogens is 284 g/mol. The van der Waals surface area contributed by atoms with Crippen LogP contribution in [0.1, 0.15) is 11.6 Å². The molecule has 3 N–H and O–H groups in total. The molecule has 6 nitrogen and oxygen atoms in total. The molecule has 7 heteroatoms. The average Bonchev–Trinajstić information content (AvgIpc) is 2.46. The van der Waals surface area contributed by atoms with Crippen LogP contribution in [0.2, 0.25) is 0 Å². The Bertz CT molecular complexity index is 568. The van der Waals surface area contributed by atoms with E-state index in [4.69, 9.17) is 16.3 Å². The Morgan fingerprint density at radius 2 is 2.05 bits per heavy atom. The first-order valence-electron chi connectivity index (χ1n) is 5.80. The highest BCUT2D eigenvalue weighted by molar-refractivity contribution is 6.20. The van der Waals surface area contributed by atoms with Gasteiger partial charge in [0, 0.05) is 5.70 Å². The number of methoxy groups -OCH3 is 1. The number of halogens is 1. The lowest BCUT2D eigenvalue weighted by Crippen LogP contribution is -2.46. The van der Waals surface area contributed by atoms with E-state index < -0.39 is 18.0 Å². The summed E-state index contributed by atoms with van der Waals surface area (Å²) in [6, 6.07) is 5.04. The number of carbonyl (C=O) groups is 2. The van der Waals surface area contributed by atoms with Crippen LogP contribution in [-0.2, 0) is 9.53 Å². The number of nitrogens with one attached hydrogen (secondary N) is 2. The van der Waals surface area contributed by atoms with Gasteiger partial charge in [-0.05, 0) is 17.7 Å². The molecule has 1 aromatic rings. The van der Waals surface area contributed by atoms with Crippen molar-refractivity contribution in [2.45, 2.75) is 6.04 Å². The summed E-state index contributed by atoms with van der Waals surface area (Å²) in [7, 11) is 1.26. The number of phenols is 1. The molecule has 0 fully saturated rings. The van der Waals surface area contributed by atoms with Gasteiger partial charge in [0.1, 0.15) is 5.75 Å². The summed E-state index contributed by atoms with van der Waals surface area (Å²) in [5.74, 6) is -0.506.